The Hall–Kier alpha value is -1.56. The minimum absolute atomic E-state index is 0.211. The maximum Gasteiger partial charge on any atom is 0.269 e. The predicted octanol–water partition coefficient (Wildman–Crippen LogP) is 4.53. The van der Waals surface area contributed by atoms with Crippen LogP contribution in [0.15, 0.2) is 47.4 Å². The molecule has 1 aromatic heterocycles. The van der Waals surface area contributed by atoms with Gasteiger partial charge in [-0.1, -0.05) is 48.3 Å². The molecule has 0 N–H and O–H groups in total. The molecule has 0 radical (unpaired) electrons. The van der Waals surface area contributed by atoms with Gasteiger partial charge in [0.25, 0.3) is 10.0 Å². The van der Waals surface area contributed by atoms with E-state index in [0.717, 1.165) is 6.42 Å². The van der Waals surface area contributed by atoms with Crippen LogP contribution in [0.1, 0.15) is 19.2 Å². The quantitative estimate of drug-likeness (QED) is 0.679. The molecule has 2 aromatic carbocycles. The molecule has 7 heteroatoms. The van der Waals surface area contributed by atoms with E-state index in [0.29, 0.717) is 33.3 Å². The number of halogens is 2. The summed E-state index contributed by atoms with van der Waals surface area (Å²) in [4.78, 5) is 4.65. The first-order valence-electron chi connectivity index (χ1n) is 7.12. The van der Waals surface area contributed by atoms with Crippen molar-refractivity contribution in [3.05, 3.63) is 58.3 Å². The molecule has 0 saturated heterocycles. The average molecular weight is 369 g/mol. The maximum atomic E-state index is 13.0. The number of hydrogen-bond donors (Lipinski definition) is 0. The normalized spacial score (nSPS) is 12.0. The molecule has 0 aliphatic carbocycles. The topological polar surface area (TPSA) is 52.0 Å². The fourth-order valence-corrected chi connectivity index (χ4v) is 4.29. The average Bonchev–Trinajstić information content (AvgIpc) is 2.87. The Bertz CT molecular complexity index is 967. The van der Waals surface area contributed by atoms with Crippen molar-refractivity contribution in [1.82, 2.24) is 8.96 Å². The van der Waals surface area contributed by atoms with Crippen LogP contribution in [-0.4, -0.2) is 17.4 Å². The van der Waals surface area contributed by atoms with Crippen LogP contribution >= 0.6 is 23.2 Å². The van der Waals surface area contributed by atoms with E-state index in [1.165, 1.54) is 3.97 Å². The lowest BCUT2D eigenvalue weighted by atomic mass is 10.3. The highest BCUT2D eigenvalue weighted by molar-refractivity contribution is 7.90. The summed E-state index contributed by atoms with van der Waals surface area (Å²) < 4.78 is 27.4. The Morgan fingerprint density at radius 2 is 1.74 bits per heavy atom. The number of imidazole rings is 1. The summed E-state index contributed by atoms with van der Waals surface area (Å²) in [5.74, 6) is 0.477. The number of benzene rings is 2. The van der Waals surface area contributed by atoms with E-state index in [1.54, 1.807) is 42.5 Å². The lowest BCUT2D eigenvalue weighted by Crippen LogP contribution is -2.16. The van der Waals surface area contributed by atoms with E-state index in [9.17, 15) is 8.42 Å². The van der Waals surface area contributed by atoms with E-state index in [2.05, 4.69) is 4.98 Å². The third-order valence-electron chi connectivity index (χ3n) is 3.48. The van der Waals surface area contributed by atoms with Crippen LogP contribution < -0.4 is 0 Å². The van der Waals surface area contributed by atoms with Gasteiger partial charge in [0.2, 0.25) is 0 Å². The van der Waals surface area contributed by atoms with Gasteiger partial charge >= 0.3 is 0 Å². The Morgan fingerprint density at radius 1 is 1.09 bits per heavy atom. The van der Waals surface area contributed by atoms with Crippen LogP contribution in [0.2, 0.25) is 10.0 Å². The molecule has 0 unspecified atom stereocenters. The molecule has 23 heavy (non-hydrogen) atoms. The van der Waals surface area contributed by atoms with Gasteiger partial charge in [-0.15, -0.1) is 0 Å². The van der Waals surface area contributed by atoms with Gasteiger partial charge < -0.3 is 0 Å². The van der Waals surface area contributed by atoms with Crippen molar-refractivity contribution in [2.45, 2.75) is 24.7 Å². The van der Waals surface area contributed by atoms with Crippen LogP contribution in [0, 0.1) is 0 Å². The summed E-state index contributed by atoms with van der Waals surface area (Å²) in [6, 6.07) is 11.4. The summed E-state index contributed by atoms with van der Waals surface area (Å²) in [6.45, 7) is 1.97. The Kier molecular flexibility index (Phi) is 4.36. The largest absolute Gasteiger partial charge is 0.269 e. The first-order valence-corrected chi connectivity index (χ1v) is 9.31. The van der Waals surface area contributed by atoms with Crippen molar-refractivity contribution in [1.29, 1.82) is 0 Å². The Labute approximate surface area is 144 Å². The minimum atomic E-state index is -3.75. The highest BCUT2D eigenvalue weighted by Crippen LogP contribution is 2.31. The van der Waals surface area contributed by atoms with Crippen LogP contribution in [0.3, 0.4) is 0 Å². The molecule has 0 spiro atoms. The van der Waals surface area contributed by atoms with Crippen LogP contribution in [0.4, 0.5) is 0 Å². The Morgan fingerprint density at radius 3 is 2.39 bits per heavy atom. The van der Waals surface area contributed by atoms with Gasteiger partial charge in [0.1, 0.15) is 5.82 Å². The van der Waals surface area contributed by atoms with Crippen molar-refractivity contribution in [2.24, 2.45) is 0 Å². The molecular weight excluding hydrogens is 355 g/mol. The minimum Gasteiger partial charge on any atom is -0.232 e. The SMILES string of the molecule is CCCc1nc2cc(Cl)c(Cl)cc2n1S(=O)(=O)c1ccccc1. The van der Waals surface area contributed by atoms with Crippen molar-refractivity contribution >= 4 is 44.3 Å². The third kappa shape index (κ3) is 2.84. The third-order valence-corrected chi connectivity index (χ3v) is 5.95. The number of hydrogen-bond acceptors (Lipinski definition) is 3. The lowest BCUT2D eigenvalue weighted by Gasteiger charge is -2.10. The first kappa shape index (κ1) is 16.3. The van der Waals surface area contributed by atoms with E-state index in [-0.39, 0.29) is 4.90 Å². The second-order valence-electron chi connectivity index (χ2n) is 5.12. The van der Waals surface area contributed by atoms with Crippen molar-refractivity contribution in [2.75, 3.05) is 0 Å². The molecule has 0 amide bonds. The molecule has 1 heterocycles. The van der Waals surface area contributed by atoms with E-state index >= 15 is 0 Å². The van der Waals surface area contributed by atoms with E-state index in [1.807, 2.05) is 6.92 Å². The predicted molar refractivity (Wildman–Crippen MR) is 92.8 cm³/mol. The molecule has 0 aliphatic rings. The molecule has 0 bridgehead atoms. The monoisotopic (exact) mass is 368 g/mol. The molecule has 0 fully saturated rings. The molecule has 0 atom stereocenters. The first-order chi connectivity index (χ1) is 10.9. The molecule has 3 aromatic rings. The second kappa shape index (κ2) is 6.15. The van der Waals surface area contributed by atoms with Crippen LogP contribution in [0.25, 0.3) is 11.0 Å². The zero-order chi connectivity index (χ0) is 16.6. The summed E-state index contributed by atoms with van der Waals surface area (Å²) in [5.41, 5.74) is 0.953. The fraction of sp³-hybridized carbons (Fsp3) is 0.188. The van der Waals surface area contributed by atoms with Gasteiger partial charge in [-0.05, 0) is 30.7 Å². The number of aromatic nitrogens is 2. The Balaban J connectivity index is 2.35. The smallest absolute Gasteiger partial charge is 0.232 e. The summed E-state index contributed by atoms with van der Waals surface area (Å²) in [7, 11) is -3.75. The van der Waals surface area contributed by atoms with Crippen molar-refractivity contribution in [3.63, 3.8) is 0 Å². The standard InChI is InChI=1S/C16H14Cl2N2O2S/c1-2-6-16-19-14-9-12(17)13(18)10-15(14)20(16)23(21,22)11-7-4-3-5-8-11/h3-5,7-10H,2,6H2,1H3. The van der Waals surface area contributed by atoms with Gasteiger partial charge in [0.15, 0.2) is 0 Å². The molecule has 4 nitrogen and oxygen atoms in total. The van der Waals surface area contributed by atoms with Crippen molar-refractivity contribution < 1.29 is 8.42 Å². The summed E-state index contributed by atoms with van der Waals surface area (Å²) >= 11 is 12.1. The summed E-state index contributed by atoms with van der Waals surface area (Å²) in [5, 5.41) is 0.649. The zero-order valence-corrected chi connectivity index (χ0v) is 14.7. The van der Waals surface area contributed by atoms with Gasteiger partial charge in [0.05, 0.1) is 26.0 Å². The zero-order valence-electron chi connectivity index (χ0n) is 12.3. The number of nitrogens with zero attached hydrogens (tertiary/aromatic N) is 2. The fourth-order valence-electron chi connectivity index (χ4n) is 2.45. The van der Waals surface area contributed by atoms with E-state index in [4.69, 9.17) is 23.2 Å². The molecule has 0 saturated carbocycles. The van der Waals surface area contributed by atoms with Gasteiger partial charge in [0, 0.05) is 6.42 Å². The summed E-state index contributed by atoms with van der Waals surface area (Å²) in [6.07, 6.45) is 1.31. The lowest BCUT2D eigenvalue weighted by molar-refractivity contribution is 0.585. The maximum absolute atomic E-state index is 13.0. The van der Waals surface area contributed by atoms with Gasteiger partial charge in [-0.25, -0.2) is 17.4 Å². The van der Waals surface area contributed by atoms with E-state index < -0.39 is 10.0 Å². The molecule has 0 aliphatic heterocycles. The molecule has 120 valence electrons. The molecule has 3 rings (SSSR count). The second-order valence-corrected chi connectivity index (χ2v) is 7.72. The highest BCUT2D eigenvalue weighted by Gasteiger charge is 2.24. The van der Waals surface area contributed by atoms with Crippen LogP contribution in [0.5, 0.6) is 0 Å². The van der Waals surface area contributed by atoms with Gasteiger partial charge in [-0.2, -0.15) is 0 Å². The van der Waals surface area contributed by atoms with Crippen molar-refractivity contribution in [3.8, 4) is 0 Å². The number of rotatable bonds is 4. The van der Waals surface area contributed by atoms with Gasteiger partial charge in [-0.3, -0.25) is 0 Å². The molecular formula is C16H14Cl2N2O2S. The number of fused-ring (bicyclic) bond motifs is 1. The highest BCUT2D eigenvalue weighted by atomic mass is 35.5. The van der Waals surface area contributed by atoms with Crippen LogP contribution in [-0.2, 0) is 16.4 Å². The number of aryl methyl sites for hydroxylation is 1.